The Balaban J connectivity index is 1.27. The number of sulfonamides is 1. The second-order valence-corrected chi connectivity index (χ2v) is 11.9. The smallest absolute Gasteiger partial charge is 0.257 e. The number of carbonyl (C=O) groups is 2. The van der Waals surface area contributed by atoms with Crippen molar-refractivity contribution in [3.63, 3.8) is 0 Å². The summed E-state index contributed by atoms with van der Waals surface area (Å²) in [5.74, 6) is 0.231. The van der Waals surface area contributed by atoms with Gasteiger partial charge in [-0.25, -0.2) is 8.42 Å². The van der Waals surface area contributed by atoms with E-state index in [0.717, 1.165) is 29.9 Å². The number of ether oxygens (including phenoxy) is 1. The van der Waals surface area contributed by atoms with Crippen LogP contribution in [-0.4, -0.2) is 60.2 Å². The number of amides is 2. The zero-order valence-corrected chi connectivity index (χ0v) is 21.9. The molecule has 1 aromatic heterocycles. The number of anilines is 2. The minimum absolute atomic E-state index is 0.128. The molecule has 0 aliphatic carbocycles. The fourth-order valence-corrected chi connectivity index (χ4v) is 6.53. The summed E-state index contributed by atoms with van der Waals surface area (Å²) in [6, 6.07) is 12.9. The van der Waals surface area contributed by atoms with Crippen LogP contribution in [0.4, 0.5) is 10.8 Å². The van der Waals surface area contributed by atoms with Crippen molar-refractivity contribution in [2.75, 3.05) is 36.1 Å². The van der Waals surface area contributed by atoms with Crippen molar-refractivity contribution in [3.05, 3.63) is 54.1 Å². The Hall–Kier alpha value is -3.00. The number of hydrogen-bond acceptors (Lipinski definition) is 9. The Morgan fingerprint density at radius 2 is 1.72 bits per heavy atom. The molecule has 2 aromatic carbocycles. The van der Waals surface area contributed by atoms with Crippen LogP contribution in [0.1, 0.15) is 30.1 Å². The summed E-state index contributed by atoms with van der Waals surface area (Å²) >= 11 is 2.35. The maximum absolute atomic E-state index is 12.6. The van der Waals surface area contributed by atoms with E-state index >= 15 is 0 Å². The predicted molar refractivity (Wildman–Crippen MR) is 139 cm³/mol. The molecule has 0 unspecified atom stereocenters. The summed E-state index contributed by atoms with van der Waals surface area (Å²) in [6.07, 6.45) is 1.71. The number of nitrogens with one attached hydrogen (secondary N) is 2. The molecule has 0 radical (unpaired) electrons. The average Bonchev–Trinajstić information content (AvgIpc) is 3.57. The molecule has 190 valence electrons. The van der Waals surface area contributed by atoms with E-state index in [9.17, 15) is 18.0 Å². The van der Waals surface area contributed by atoms with E-state index in [1.807, 2.05) is 6.92 Å². The Labute approximate surface area is 217 Å². The van der Waals surface area contributed by atoms with E-state index in [1.54, 1.807) is 24.3 Å². The van der Waals surface area contributed by atoms with Crippen molar-refractivity contribution < 1.29 is 22.7 Å². The average molecular weight is 548 g/mol. The standard InChI is InChI=1S/C23H25N5O5S3/c1-2-33-18-9-7-17(8-10-18)24-20(29)15-34-23-27-26-22(35-23)25-21(30)16-5-11-19(12-6-16)36(31,32)28-13-3-4-14-28/h5-12H,2-4,13-15H2,1H3,(H,24,29)(H,25,26,30). The summed E-state index contributed by atoms with van der Waals surface area (Å²) in [5.41, 5.74) is 0.961. The molecule has 0 bridgehead atoms. The molecule has 2 amide bonds. The number of nitrogens with zero attached hydrogens (tertiary/aromatic N) is 3. The largest absolute Gasteiger partial charge is 0.494 e. The van der Waals surface area contributed by atoms with Crippen molar-refractivity contribution in [2.45, 2.75) is 29.0 Å². The van der Waals surface area contributed by atoms with Gasteiger partial charge in [-0.05, 0) is 68.3 Å². The molecule has 0 spiro atoms. The van der Waals surface area contributed by atoms with Gasteiger partial charge < -0.3 is 10.1 Å². The highest BCUT2D eigenvalue weighted by molar-refractivity contribution is 8.01. The van der Waals surface area contributed by atoms with Crippen molar-refractivity contribution in [1.29, 1.82) is 0 Å². The fraction of sp³-hybridized carbons (Fsp3) is 0.304. The lowest BCUT2D eigenvalue weighted by Gasteiger charge is -2.15. The Kier molecular flexibility index (Phi) is 8.56. The van der Waals surface area contributed by atoms with E-state index < -0.39 is 15.9 Å². The van der Waals surface area contributed by atoms with Gasteiger partial charge in [0.2, 0.25) is 21.1 Å². The first-order valence-electron chi connectivity index (χ1n) is 11.3. The Morgan fingerprint density at radius 1 is 1.03 bits per heavy atom. The maximum Gasteiger partial charge on any atom is 0.257 e. The van der Waals surface area contributed by atoms with E-state index in [0.29, 0.717) is 35.3 Å². The van der Waals surface area contributed by atoms with Crippen molar-refractivity contribution in [1.82, 2.24) is 14.5 Å². The van der Waals surface area contributed by atoms with Crippen LogP contribution < -0.4 is 15.4 Å². The topological polar surface area (TPSA) is 131 Å². The van der Waals surface area contributed by atoms with Crippen LogP contribution in [0, 0.1) is 0 Å². The highest BCUT2D eigenvalue weighted by Gasteiger charge is 2.27. The summed E-state index contributed by atoms with van der Waals surface area (Å²) in [7, 11) is -3.53. The number of hydrogen-bond donors (Lipinski definition) is 2. The summed E-state index contributed by atoms with van der Waals surface area (Å²) < 4.78 is 32.6. The van der Waals surface area contributed by atoms with Gasteiger partial charge in [-0.1, -0.05) is 23.1 Å². The van der Waals surface area contributed by atoms with Crippen LogP contribution >= 0.6 is 23.1 Å². The summed E-state index contributed by atoms with van der Waals surface area (Å²) in [4.78, 5) is 25.0. The van der Waals surface area contributed by atoms with Crippen molar-refractivity contribution >= 4 is 55.8 Å². The van der Waals surface area contributed by atoms with Crippen molar-refractivity contribution in [3.8, 4) is 5.75 Å². The zero-order valence-electron chi connectivity index (χ0n) is 19.5. The predicted octanol–water partition coefficient (Wildman–Crippen LogP) is 3.70. The quantitative estimate of drug-likeness (QED) is 0.290. The van der Waals surface area contributed by atoms with Gasteiger partial charge in [0.1, 0.15) is 5.75 Å². The third-order valence-corrected chi connectivity index (χ3v) is 9.11. The third kappa shape index (κ3) is 6.60. The number of thioether (sulfide) groups is 1. The normalized spacial score (nSPS) is 13.9. The fourth-order valence-electron chi connectivity index (χ4n) is 3.47. The van der Waals surface area contributed by atoms with E-state index in [1.165, 1.54) is 40.3 Å². The summed E-state index contributed by atoms with van der Waals surface area (Å²) in [6.45, 7) is 3.51. The van der Waals surface area contributed by atoms with E-state index in [-0.39, 0.29) is 21.7 Å². The van der Waals surface area contributed by atoms with Gasteiger partial charge in [0.15, 0.2) is 4.34 Å². The molecule has 4 rings (SSSR count). The molecule has 1 aliphatic heterocycles. The third-order valence-electron chi connectivity index (χ3n) is 5.22. The molecule has 1 aliphatic rings. The summed E-state index contributed by atoms with van der Waals surface area (Å²) in [5, 5.41) is 13.7. The van der Waals surface area contributed by atoms with Gasteiger partial charge >= 0.3 is 0 Å². The molecule has 36 heavy (non-hydrogen) atoms. The molecule has 0 atom stereocenters. The molecule has 1 fully saturated rings. The zero-order chi connectivity index (χ0) is 25.5. The number of carbonyl (C=O) groups excluding carboxylic acids is 2. The second kappa shape index (κ2) is 11.8. The molecule has 13 heteroatoms. The van der Waals surface area contributed by atoms with Crippen LogP contribution in [0.3, 0.4) is 0 Å². The SMILES string of the molecule is CCOc1ccc(NC(=O)CSc2nnc(NC(=O)c3ccc(S(=O)(=O)N4CCCC4)cc3)s2)cc1. The first-order valence-corrected chi connectivity index (χ1v) is 14.5. The van der Waals surface area contributed by atoms with Crippen molar-refractivity contribution in [2.24, 2.45) is 0 Å². The Morgan fingerprint density at radius 3 is 2.39 bits per heavy atom. The Bertz CT molecular complexity index is 1300. The second-order valence-electron chi connectivity index (χ2n) is 7.76. The number of benzene rings is 2. The minimum Gasteiger partial charge on any atom is -0.494 e. The molecule has 3 aromatic rings. The maximum atomic E-state index is 12.6. The molecule has 2 N–H and O–H groups in total. The van der Waals surface area contributed by atoms with E-state index in [2.05, 4.69) is 20.8 Å². The van der Waals surface area contributed by atoms with Gasteiger partial charge in [-0.15, -0.1) is 10.2 Å². The first kappa shape index (κ1) is 26.1. The lowest BCUT2D eigenvalue weighted by atomic mass is 10.2. The van der Waals surface area contributed by atoms with Gasteiger partial charge in [-0.2, -0.15) is 4.31 Å². The molecular formula is C23H25N5O5S3. The number of rotatable bonds is 10. The molecule has 10 nitrogen and oxygen atoms in total. The van der Waals surface area contributed by atoms with Gasteiger partial charge in [0.25, 0.3) is 5.91 Å². The van der Waals surface area contributed by atoms with Crippen LogP contribution in [0.5, 0.6) is 5.75 Å². The minimum atomic E-state index is -3.53. The molecular weight excluding hydrogens is 522 g/mol. The van der Waals surface area contributed by atoms with Gasteiger partial charge in [0, 0.05) is 24.3 Å². The lowest BCUT2D eigenvalue weighted by molar-refractivity contribution is -0.113. The molecule has 1 saturated heterocycles. The van der Waals surface area contributed by atoms with Crippen LogP contribution in [-0.2, 0) is 14.8 Å². The lowest BCUT2D eigenvalue weighted by Crippen LogP contribution is -2.27. The number of aromatic nitrogens is 2. The first-order chi connectivity index (χ1) is 17.3. The highest BCUT2D eigenvalue weighted by Crippen LogP contribution is 2.26. The van der Waals surface area contributed by atoms with Crippen LogP contribution in [0.15, 0.2) is 57.8 Å². The molecule has 0 saturated carbocycles. The van der Waals surface area contributed by atoms with Gasteiger partial charge in [0.05, 0.1) is 17.3 Å². The van der Waals surface area contributed by atoms with Gasteiger partial charge in [-0.3, -0.25) is 14.9 Å². The molecule has 2 heterocycles. The van der Waals surface area contributed by atoms with Crippen LogP contribution in [0.2, 0.25) is 0 Å². The van der Waals surface area contributed by atoms with E-state index in [4.69, 9.17) is 4.74 Å². The van der Waals surface area contributed by atoms with Crippen LogP contribution in [0.25, 0.3) is 0 Å². The monoisotopic (exact) mass is 547 g/mol. The highest BCUT2D eigenvalue weighted by atomic mass is 32.2.